The van der Waals surface area contributed by atoms with Gasteiger partial charge in [-0.1, -0.05) is 23.7 Å². The van der Waals surface area contributed by atoms with Gasteiger partial charge in [0.2, 0.25) is 5.88 Å². The first-order valence-electron chi connectivity index (χ1n) is 7.64. The van der Waals surface area contributed by atoms with E-state index < -0.39 is 0 Å². The smallest absolute Gasteiger partial charge is 0.215 e. The lowest BCUT2D eigenvalue weighted by Gasteiger charge is -2.32. The van der Waals surface area contributed by atoms with Gasteiger partial charge in [0.15, 0.2) is 0 Å². The quantitative estimate of drug-likeness (QED) is 0.930. The van der Waals surface area contributed by atoms with E-state index in [-0.39, 0.29) is 12.4 Å². The summed E-state index contributed by atoms with van der Waals surface area (Å²) >= 11 is 5.75. The Labute approximate surface area is 140 Å². The van der Waals surface area contributed by atoms with Gasteiger partial charge in [-0.25, -0.2) is 4.39 Å². The van der Waals surface area contributed by atoms with Crippen LogP contribution in [0.25, 0.3) is 0 Å². The van der Waals surface area contributed by atoms with Gasteiger partial charge in [0, 0.05) is 42.3 Å². The van der Waals surface area contributed by atoms with Gasteiger partial charge in [0.25, 0.3) is 0 Å². The van der Waals surface area contributed by atoms with Gasteiger partial charge in [-0.15, -0.1) is 0 Å². The highest BCUT2D eigenvalue weighted by Gasteiger charge is 2.17. The van der Waals surface area contributed by atoms with Gasteiger partial charge in [-0.05, 0) is 25.1 Å². The number of benzene rings is 1. The van der Waals surface area contributed by atoms with E-state index >= 15 is 0 Å². The first-order valence-corrected chi connectivity index (χ1v) is 8.02. The second kappa shape index (κ2) is 7.15. The summed E-state index contributed by atoms with van der Waals surface area (Å²) in [6, 6.07) is 10.6. The molecular weight excluding hydrogens is 317 g/mol. The minimum absolute atomic E-state index is 0.122. The molecule has 23 heavy (non-hydrogen) atoms. The predicted octanol–water partition coefficient (Wildman–Crippen LogP) is 3.25. The molecule has 1 fully saturated rings. The van der Waals surface area contributed by atoms with E-state index in [1.165, 1.54) is 6.07 Å². The van der Waals surface area contributed by atoms with Crippen molar-refractivity contribution in [2.75, 3.05) is 24.5 Å². The molecule has 3 rings (SSSR count). The highest BCUT2D eigenvalue weighted by molar-refractivity contribution is 6.30. The third-order valence-electron chi connectivity index (χ3n) is 3.79. The average Bonchev–Trinajstić information content (AvgIpc) is 2.54. The minimum atomic E-state index is -0.371. The van der Waals surface area contributed by atoms with Crippen LogP contribution >= 0.6 is 11.6 Å². The standard InChI is InChI=1S/C17H19ClFN3O/c1-12-10-22(8-7-20-12)16-3-2-4-17(21-16)23-11-13-5-6-14(18)9-15(13)19/h2-6,9,12,20H,7-8,10-11H2,1H3. The van der Waals surface area contributed by atoms with Gasteiger partial charge in [0.1, 0.15) is 18.2 Å². The minimum Gasteiger partial charge on any atom is -0.473 e. The molecule has 0 bridgehead atoms. The molecule has 2 aromatic rings. The molecule has 6 heteroatoms. The number of ether oxygens (including phenoxy) is 1. The van der Waals surface area contributed by atoms with E-state index in [0.29, 0.717) is 22.5 Å². The molecule has 2 heterocycles. The van der Waals surface area contributed by atoms with Crippen LogP contribution in [0.1, 0.15) is 12.5 Å². The molecule has 4 nitrogen and oxygen atoms in total. The second-order valence-corrected chi connectivity index (χ2v) is 6.10. The number of hydrogen-bond donors (Lipinski definition) is 1. The van der Waals surface area contributed by atoms with Gasteiger partial charge in [-0.2, -0.15) is 4.98 Å². The zero-order valence-corrected chi connectivity index (χ0v) is 13.7. The first kappa shape index (κ1) is 16.0. The molecular formula is C17H19ClFN3O. The van der Waals surface area contributed by atoms with E-state index in [1.807, 2.05) is 12.1 Å². The molecule has 0 aliphatic carbocycles. The molecule has 1 atom stereocenters. The van der Waals surface area contributed by atoms with Crippen LogP contribution in [0, 0.1) is 5.82 Å². The van der Waals surface area contributed by atoms with Crippen molar-refractivity contribution in [3.05, 3.63) is 52.8 Å². The molecule has 1 unspecified atom stereocenters. The van der Waals surface area contributed by atoms with Crippen molar-refractivity contribution in [2.24, 2.45) is 0 Å². The Hall–Kier alpha value is -1.85. The van der Waals surface area contributed by atoms with Crippen molar-refractivity contribution in [2.45, 2.75) is 19.6 Å². The Balaban J connectivity index is 1.67. The van der Waals surface area contributed by atoms with Crippen LogP contribution < -0.4 is 15.0 Å². The van der Waals surface area contributed by atoms with Crippen molar-refractivity contribution >= 4 is 17.4 Å². The second-order valence-electron chi connectivity index (χ2n) is 5.66. The highest BCUT2D eigenvalue weighted by Crippen LogP contribution is 2.20. The number of rotatable bonds is 4. The van der Waals surface area contributed by atoms with Crippen LogP contribution in [-0.4, -0.2) is 30.7 Å². The highest BCUT2D eigenvalue weighted by atomic mass is 35.5. The normalized spacial score (nSPS) is 18.0. The first-order chi connectivity index (χ1) is 11.1. The molecule has 1 aliphatic heterocycles. The summed E-state index contributed by atoms with van der Waals surface area (Å²) < 4.78 is 19.4. The molecule has 0 radical (unpaired) electrons. The number of nitrogens with zero attached hydrogens (tertiary/aromatic N) is 2. The van der Waals surface area contributed by atoms with Gasteiger partial charge in [-0.3, -0.25) is 0 Å². The summed E-state index contributed by atoms with van der Waals surface area (Å²) in [5.74, 6) is 1.00. The molecule has 1 saturated heterocycles. The Morgan fingerprint density at radius 1 is 1.39 bits per heavy atom. The number of aromatic nitrogens is 1. The summed E-state index contributed by atoms with van der Waals surface area (Å²) in [5.41, 5.74) is 0.456. The average molecular weight is 336 g/mol. The molecule has 0 saturated carbocycles. The van der Waals surface area contributed by atoms with Crippen molar-refractivity contribution in [3.8, 4) is 5.88 Å². The number of pyridine rings is 1. The summed E-state index contributed by atoms with van der Waals surface area (Å²) in [6.07, 6.45) is 0. The maximum atomic E-state index is 13.8. The van der Waals surface area contributed by atoms with Gasteiger partial charge >= 0.3 is 0 Å². The third kappa shape index (κ3) is 4.12. The van der Waals surface area contributed by atoms with Crippen LogP contribution in [0.15, 0.2) is 36.4 Å². The van der Waals surface area contributed by atoms with E-state index in [1.54, 1.807) is 18.2 Å². The van der Waals surface area contributed by atoms with Crippen molar-refractivity contribution < 1.29 is 9.13 Å². The van der Waals surface area contributed by atoms with E-state index in [9.17, 15) is 4.39 Å². The van der Waals surface area contributed by atoms with Gasteiger partial charge < -0.3 is 15.0 Å². The Kier molecular flexibility index (Phi) is 4.98. The maximum absolute atomic E-state index is 13.8. The predicted molar refractivity (Wildman–Crippen MR) is 89.7 cm³/mol. The fourth-order valence-electron chi connectivity index (χ4n) is 2.59. The topological polar surface area (TPSA) is 37.4 Å². The van der Waals surface area contributed by atoms with Crippen molar-refractivity contribution in [1.82, 2.24) is 10.3 Å². The zero-order chi connectivity index (χ0) is 16.2. The Bertz CT molecular complexity index is 683. The molecule has 122 valence electrons. The number of nitrogens with one attached hydrogen (secondary N) is 1. The summed E-state index contributed by atoms with van der Waals surface area (Å²) in [6.45, 7) is 5.02. The molecule has 1 aliphatic rings. The lowest BCUT2D eigenvalue weighted by atomic mass is 10.2. The summed E-state index contributed by atoms with van der Waals surface area (Å²) in [4.78, 5) is 6.74. The number of hydrogen-bond acceptors (Lipinski definition) is 4. The number of piperazine rings is 1. The van der Waals surface area contributed by atoms with Gasteiger partial charge in [0.05, 0.1) is 0 Å². The fourth-order valence-corrected chi connectivity index (χ4v) is 2.75. The maximum Gasteiger partial charge on any atom is 0.215 e. The van der Waals surface area contributed by atoms with Crippen LogP contribution in [0.4, 0.5) is 10.2 Å². The van der Waals surface area contributed by atoms with Crippen LogP contribution in [0.3, 0.4) is 0 Å². The van der Waals surface area contributed by atoms with E-state index in [0.717, 1.165) is 25.5 Å². The molecule has 1 N–H and O–H groups in total. The summed E-state index contributed by atoms with van der Waals surface area (Å²) in [7, 11) is 0. The third-order valence-corrected chi connectivity index (χ3v) is 4.03. The lowest BCUT2D eigenvalue weighted by Crippen LogP contribution is -2.49. The summed E-state index contributed by atoms with van der Waals surface area (Å²) in [5, 5.41) is 3.77. The number of anilines is 1. The monoisotopic (exact) mass is 335 g/mol. The Morgan fingerprint density at radius 2 is 2.26 bits per heavy atom. The van der Waals surface area contributed by atoms with Crippen LogP contribution in [0.5, 0.6) is 5.88 Å². The fraction of sp³-hybridized carbons (Fsp3) is 0.353. The number of halogens is 2. The molecule has 1 aromatic carbocycles. The van der Waals surface area contributed by atoms with E-state index in [2.05, 4.69) is 22.1 Å². The molecule has 0 spiro atoms. The van der Waals surface area contributed by atoms with Crippen LogP contribution in [0.2, 0.25) is 5.02 Å². The SMILES string of the molecule is CC1CN(c2cccc(OCc3ccc(Cl)cc3F)n2)CCN1. The van der Waals surface area contributed by atoms with Crippen LogP contribution in [-0.2, 0) is 6.61 Å². The molecule has 0 amide bonds. The van der Waals surface area contributed by atoms with Crippen molar-refractivity contribution in [1.29, 1.82) is 0 Å². The zero-order valence-electron chi connectivity index (χ0n) is 12.9. The lowest BCUT2D eigenvalue weighted by molar-refractivity contribution is 0.288. The van der Waals surface area contributed by atoms with Crippen molar-refractivity contribution in [3.63, 3.8) is 0 Å². The molecule has 1 aromatic heterocycles. The largest absolute Gasteiger partial charge is 0.473 e. The van der Waals surface area contributed by atoms with E-state index in [4.69, 9.17) is 16.3 Å². The Morgan fingerprint density at radius 3 is 3.04 bits per heavy atom.